The number of hydrogen-bond acceptors (Lipinski definition) is 5. The summed E-state index contributed by atoms with van der Waals surface area (Å²) in [7, 11) is -3.56. The molecule has 1 fully saturated rings. The van der Waals surface area contributed by atoms with E-state index in [1.807, 2.05) is 0 Å². The van der Waals surface area contributed by atoms with E-state index >= 15 is 0 Å². The molecule has 7 nitrogen and oxygen atoms in total. The maximum atomic E-state index is 13.2. The van der Waals surface area contributed by atoms with Crippen molar-refractivity contribution < 1.29 is 31.5 Å². The number of ether oxygens (including phenoxy) is 2. The van der Waals surface area contributed by atoms with Gasteiger partial charge in [0.2, 0.25) is 10.0 Å². The van der Waals surface area contributed by atoms with E-state index in [0.29, 0.717) is 31.7 Å². The van der Waals surface area contributed by atoms with Gasteiger partial charge in [-0.1, -0.05) is 6.42 Å². The molecule has 2 aromatic rings. The third-order valence-corrected chi connectivity index (χ3v) is 7.75. The van der Waals surface area contributed by atoms with Crippen LogP contribution in [0.1, 0.15) is 42.1 Å². The minimum atomic E-state index is -3.56. The van der Waals surface area contributed by atoms with Crippen LogP contribution in [-0.4, -0.2) is 51.5 Å². The second-order valence-corrected chi connectivity index (χ2v) is 9.87. The van der Waals surface area contributed by atoms with E-state index < -0.39 is 16.6 Å². The van der Waals surface area contributed by atoms with Gasteiger partial charge in [0.05, 0.1) is 11.5 Å². The van der Waals surface area contributed by atoms with Gasteiger partial charge in [-0.3, -0.25) is 4.79 Å². The first-order valence-corrected chi connectivity index (χ1v) is 12.4. The lowest BCUT2D eigenvalue weighted by atomic mass is 10.1. The summed E-state index contributed by atoms with van der Waals surface area (Å²) in [6.45, 7) is 0.354. The lowest BCUT2D eigenvalue weighted by Gasteiger charge is -2.26. The number of carbonyl (C=O) groups is 1. The molecule has 0 aliphatic carbocycles. The van der Waals surface area contributed by atoms with Crippen molar-refractivity contribution in [1.82, 2.24) is 4.31 Å². The Morgan fingerprint density at radius 3 is 2.48 bits per heavy atom. The summed E-state index contributed by atoms with van der Waals surface area (Å²) in [4.78, 5) is 15.0. The molecule has 0 radical (unpaired) electrons. The highest BCUT2D eigenvalue weighted by atomic mass is 32.2. The zero-order valence-electron chi connectivity index (χ0n) is 18.3. The number of anilines is 1. The third-order valence-electron chi connectivity index (χ3n) is 5.85. The first kappa shape index (κ1) is 23.4. The van der Waals surface area contributed by atoms with Crippen molar-refractivity contribution in [3.63, 3.8) is 0 Å². The summed E-state index contributed by atoms with van der Waals surface area (Å²) in [5.41, 5.74) is 1.69. The molecule has 33 heavy (non-hydrogen) atoms. The van der Waals surface area contributed by atoms with Gasteiger partial charge in [0.15, 0.2) is 11.5 Å². The Balaban J connectivity index is 1.58. The smallest absolute Gasteiger partial charge is 0.387 e. The predicted molar refractivity (Wildman–Crippen MR) is 119 cm³/mol. The van der Waals surface area contributed by atoms with Gasteiger partial charge < -0.3 is 14.4 Å². The van der Waals surface area contributed by atoms with E-state index in [-0.39, 0.29) is 34.5 Å². The highest BCUT2D eigenvalue weighted by Crippen LogP contribution is 2.35. The molecule has 0 aromatic heterocycles. The Morgan fingerprint density at radius 1 is 1.03 bits per heavy atom. The van der Waals surface area contributed by atoms with Crippen molar-refractivity contribution in [2.75, 3.05) is 31.1 Å². The van der Waals surface area contributed by atoms with Crippen molar-refractivity contribution in [3.05, 3.63) is 47.5 Å². The van der Waals surface area contributed by atoms with Crippen LogP contribution in [0.5, 0.6) is 11.5 Å². The lowest BCUT2D eigenvalue weighted by molar-refractivity contribution is -0.0514. The lowest BCUT2D eigenvalue weighted by Crippen LogP contribution is -2.35. The number of piperidine rings is 1. The molecule has 0 spiro atoms. The quantitative estimate of drug-likeness (QED) is 0.597. The zero-order chi connectivity index (χ0) is 23.6. The number of sulfonamides is 1. The van der Waals surface area contributed by atoms with Gasteiger partial charge in [-0.15, -0.1) is 0 Å². The summed E-state index contributed by atoms with van der Waals surface area (Å²) in [6, 6.07) is 8.94. The molecule has 2 aliphatic heterocycles. The number of halogens is 2. The molecule has 2 aromatic carbocycles. The van der Waals surface area contributed by atoms with Crippen LogP contribution in [0.3, 0.4) is 0 Å². The first-order valence-electron chi connectivity index (χ1n) is 11.0. The fourth-order valence-electron chi connectivity index (χ4n) is 4.26. The summed E-state index contributed by atoms with van der Waals surface area (Å²) < 4.78 is 62.6. The van der Waals surface area contributed by atoms with Crippen molar-refractivity contribution in [1.29, 1.82) is 0 Å². The Morgan fingerprint density at radius 2 is 1.79 bits per heavy atom. The highest BCUT2D eigenvalue weighted by Gasteiger charge is 2.30. The van der Waals surface area contributed by atoms with E-state index in [1.165, 1.54) is 22.5 Å². The fourth-order valence-corrected chi connectivity index (χ4v) is 5.83. The van der Waals surface area contributed by atoms with E-state index in [2.05, 4.69) is 4.74 Å². The van der Waals surface area contributed by atoms with Crippen molar-refractivity contribution in [3.8, 4) is 11.5 Å². The molecule has 1 amide bonds. The number of carbonyl (C=O) groups excluding carboxylic acids is 1. The van der Waals surface area contributed by atoms with E-state index in [4.69, 9.17) is 4.74 Å². The van der Waals surface area contributed by atoms with E-state index in [9.17, 15) is 22.0 Å². The number of benzene rings is 2. The van der Waals surface area contributed by atoms with Crippen molar-refractivity contribution in [2.24, 2.45) is 0 Å². The largest absolute Gasteiger partial charge is 0.490 e. The molecule has 0 unspecified atom stereocenters. The van der Waals surface area contributed by atoms with Gasteiger partial charge in [-0.2, -0.15) is 13.1 Å². The third kappa shape index (κ3) is 4.81. The summed E-state index contributed by atoms with van der Waals surface area (Å²) in [5.74, 6) is -0.409. The Kier molecular flexibility index (Phi) is 6.85. The fraction of sp³-hybridized carbons (Fsp3) is 0.435. The molecule has 2 heterocycles. The van der Waals surface area contributed by atoms with Crippen LogP contribution in [-0.2, 0) is 16.4 Å². The number of hydrogen-bond donors (Lipinski definition) is 0. The zero-order valence-corrected chi connectivity index (χ0v) is 19.1. The number of alkyl halides is 2. The molecule has 1 saturated heterocycles. The Bertz CT molecular complexity index is 1130. The van der Waals surface area contributed by atoms with Crippen molar-refractivity contribution in [2.45, 2.75) is 44.1 Å². The molecule has 10 heteroatoms. The highest BCUT2D eigenvalue weighted by molar-refractivity contribution is 7.89. The first-order chi connectivity index (χ1) is 15.8. The molecule has 4 rings (SSSR count). The number of fused-ring (bicyclic) bond motifs is 1. The summed E-state index contributed by atoms with van der Waals surface area (Å²) >= 11 is 0. The molecular weight excluding hydrogens is 454 g/mol. The van der Waals surface area contributed by atoms with Crippen LogP contribution in [0, 0.1) is 0 Å². The van der Waals surface area contributed by atoms with Gasteiger partial charge in [-0.05, 0) is 68.1 Å². The average Bonchev–Trinajstić information content (AvgIpc) is 3.23. The number of rotatable bonds is 7. The van der Waals surface area contributed by atoms with Gasteiger partial charge in [0.1, 0.15) is 0 Å². The second-order valence-electron chi connectivity index (χ2n) is 7.94. The molecule has 0 saturated carbocycles. The molecule has 0 bridgehead atoms. The molecule has 178 valence electrons. The molecule has 0 N–H and O–H groups in total. The van der Waals surface area contributed by atoms with Gasteiger partial charge in [-0.25, -0.2) is 8.42 Å². The molecule has 0 atom stereocenters. The van der Waals surface area contributed by atoms with Crippen LogP contribution in [0.25, 0.3) is 0 Å². The topological polar surface area (TPSA) is 76.2 Å². The van der Waals surface area contributed by atoms with Crippen LogP contribution < -0.4 is 14.4 Å². The molecular formula is C23H26F2N2O5S. The van der Waals surface area contributed by atoms with Gasteiger partial charge in [0.25, 0.3) is 5.91 Å². The monoisotopic (exact) mass is 480 g/mol. The molecule has 2 aliphatic rings. The summed E-state index contributed by atoms with van der Waals surface area (Å²) in [6.07, 6.45) is 3.28. The maximum absolute atomic E-state index is 13.2. The maximum Gasteiger partial charge on any atom is 0.387 e. The normalized spacial score (nSPS) is 16.7. The van der Waals surface area contributed by atoms with Crippen LogP contribution in [0.4, 0.5) is 14.5 Å². The predicted octanol–water partition coefficient (Wildman–Crippen LogP) is 4.06. The minimum absolute atomic E-state index is 0.0612. The Hall–Kier alpha value is -2.72. The van der Waals surface area contributed by atoms with Gasteiger partial charge in [0, 0.05) is 30.9 Å². The number of amides is 1. The van der Waals surface area contributed by atoms with Crippen LogP contribution in [0.2, 0.25) is 0 Å². The van der Waals surface area contributed by atoms with Crippen LogP contribution >= 0.6 is 0 Å². The summed E-state index contributed by atoms with van der Waals surface area (Å²) in [5, 5.41) is 0. The Labute approximate surface area is 191 Å². The van der Waals surface area contributed by atoms with Gasteiger partial charge >= 0.3 is 6.61 Å². The van der Waals surface area contributed by atoms with Crippen LogP contribution in [0.15, 0.2) is 41.3 Å². The SMILES string of the molecule is CCOc1cc(C(=O)N2CCc3cc(S(=O)(=O)N4CCCCC4)ccc32)ccc1OC(F)F. The van der Waals surface area contributed by atoms with Crippen molar-refractivity contribution >= 4 is 21.6 Å². The van der Waals surface area contributed by atoms with E-state index in [0.717, 1.165) is 24.8 Å². The average molecular weight is 481 g/mol. The second kappa shape index (κ2) is 9.64. The standard InChI is InChI=1S/C23H26F2N2O5S/c1-2-31-21-15-17(6-9-20(21)32-23(24)25)22(28)27-13-10-16-14-18(7-8-19(16)27)33(29,30)26-11-4-3-5-12-26/h6-9,14-15,23H,2-5,10-13H2,1H3. The number of nitrogens with zero attached hydrogens (tertiary/aromatic N) is 2. The van der Waals surface area contributed by atoms with E-state index in [1.54, 1.807) is 30.0 Å². The minimum Gasteiger partial charge on any atom is -0.490 e.